The lowest BCUT2D eigenvalue weighted by Gasteiger charge is -2.18. The lowest BCUT2D eigenvalue weighted by molar-refractivity contribution is -0.136. The van der Waals surface area contributed by atoms with Crippen LogP contribution >= 0.6 is 0 Å². The summed E-state index contributed by atoms with van der Waals surface area (Å²) < 4.78 is 0. The molecule has 3 aromatic heterocycles. The minimum Gasteiger partial charge on any atom is -0.481 e. The summed E-state index contributed by atoms with van der Waals surface area (Å²) in [5.74, 6) is -3.03. The number of carbonyl (C=O) groups excluding carboxylic acids is 1. The zero-order valence-corrected chi connectivity index (χ0v) is 27.9. The van der Waals surface area contributed by atoms with Gasteiger partial charge in [0.15, 0.2) is 0 Å². The quantitative estimate of drug-likeness (QED) is 0.169. The van der Waals surface area contributed by atoms with E-state index in [-0.39, 0.29) is 41.0 Å². The fourth-order valence-electron chi connectivity index (χ4n) is 7.06. The molecule has 0 saturated carbocycles. The van der Waals surface area contributed by atoms with Gasteiger partial charge in [0, 0.05) is 64.7 Å². The number of carbonyl (C=O) groups is 3. The van der Waals surface area contributed by atoms with Crippen molar-refractivity contribution in [1.29, 1.82) is 0 Å². The predicted molar refractivity (Wildman–Crippen MR) is 183 cm³/mol. The Kier molecular flexibility index (Phi) is 9.67. The molecule has 0 radical (unpaired) electrons. The van der Waals surface area contributed by atoms with Gasteiger partial charge >= 0.3 is 11.9 Å². The van der Waals surface area contributed by atoms with Crippen LogP contribution in [-0.4, -0.2) is 61.1 Å². The lowest BCUT2D eigenvalue weighted by Crippen LogP contribution is -2.29. The normalized spacial score (nSPS) is 16.1. The Labute approximate surface area is 273 Å². The van der Waals surface area contributed by atoms with Gasteiger partial charge in [-0.2, -0.15) is 0 Å². The number of rotatable bonds is 10. The van der Waals surface area contributed by atoms with E-state index >= 15 is 0 Å². The Bertz CT molecular complexity index is 1970. The number of nitrogens with two attached hydrogens (primary N) is 1. The van der Waals surface area contributed by atoms with Crippen LogP contribution in [-0.2, 0) is 33.6 Å². The minimum atomic E-state index is -1.20. The van der Waals surface area contributed by atoms with Crippen LogP contribution in [0.2, 0.25) is 0 Å². The van der Waals surface area contributed by atoms with Crippen molar-refractivity contribution in [2.75, 3.05) is 13.1 Å². The third-order valence-corrected chi connectivity index (χ3v) is 9.66. The molecule has 0 aliphatic carbocycles. The Morgan fingerprint density at radius 3 is 2.09 bits per heavy atom. The Balaban J connectivity index is 1.94. The maximum absolute atomic E-state index is 12.8. The molecule has 2 aliphatic heterocycles. The largest absolute Gasteiger partial charge is 0.481 e. The number of H-pyrrole nitrogens is 2. The van der Waals surface area contributed by atoms with E-state index in [4.69, 9.17) is 15.7 Å². The minimum absolute atomic E-state index is 0.0471. The average Bonchev–Trinajstić information content (AvgIpc) is 3.70. The van der Waals surface area contributed by atoms with E-state index in [0.717, 1.165) is 57.3 Å². The van der Waals surface area contributed by atoms with Crippen molar-refractivity contribution < 1.29 is 24.6 Å². The number of amides is 1. The van der Waals surface area contributed by atoms with E-state index in [1.165, 1.54) is 5.56 Å². The summed E-state index contributed by atoms with van der Waals surface area (Å²) in [5.41, 5.74) is 16.0. The SMILES string of the molecule is CCc1c(C)c2cc3[nH]c(cc4nc(c(CC(=O)O)c5nc(cc1[nH]2)C(C)=C5C(=O)O)C(CCC(=O)NCCN)C4C)c(C)c3CC. The molecule has 2 unspecified atom stereocenters. The molecule has 2 aliphatic rings. The van der Waals surface area contributed by atoms with Crippen LogP contribution in [0.3, 0.4) is 0 Å². The van der Waals surface area contributed by atoms with Gasteiger partial charge in [-0.1, -0.05) is 20.8 Å². The zero-order chi connectivity index (χ0) is 34.2. The maximum atomic E-state index is 12.8. The summed E-state index contributed by atoms with van der Waals surface area (Å²) in [5, 5.41) is 23.4. The number of hydrogen-bond acceptors (Lipinski definition) is 6. The van der Waals surface area contributed by atoms with Crippen molar-refractivity contribution >= 4 is 51.1 Å². The Morgan fingerprint density at radius 1 is 0.894 bits per heavy atom. The second-order valence-corrected chi connectivity index (χ2v) is 12.4. The van der Waals surface area contributed by atoms with E-state index in [0.29, 0.717) is 36.5 Å². The number of fused-ring (bicyclic) bond motifs is 8. The highest BCUT2D eigenvalue weighted by Gasteiger charge is 2.35. The first-order valence-electron chi connectivity index (χ1n) is 16.3. The van der Waals surface area contributed by atoms with Gasteiger partial charge in [-0.25, -0.2) is 9.78 Å². The predicted octanol–water partition coefficient (Wildman–Crippen LogP) is 5.44. The number of nitrogens with one attached hydrogen (secondary N) is 3. The number of carboxylic acid groups (broad SMARTS) is 2. The van der Waals surface area contributed by atoms with Crippen LogP contribution in [0.25, 0.3) is 33.2 Å². The van der Waals surface area contributed by atoms with Crippen LogP contribution in [0.1, 0.15) is 103 Å². The second kappa shape index (κ2) is 13.5. The number of aromatic amines is 2. The first-order valence-corrected chi connectivity index (χ1v) is 16.3. The molecule has 5 heterocycles. The van der Waals surface area contributed by atoms with Crippen molar-refractivity contribution in [3.8, 4) is 0 Å². The number of aryl methyl sites for hydroxylation is 4. The lowest BCUT2D eigenvalue weighted by atomic mass is 9.84. The second-order valence-electron chi connectivity index (χ2n) is 12.4. The van der Waals surface area contributed by atoms with Crippen molar-refractivity contribution in [2.45, 2.75) is 85.5 Å². The van der Waals surface area contributed by atoms with Crippen LogP contribution in [0, 0.1) is 13.8 Å². The zero-order valence-electron chi connectivity index (χ0n) is 27.9. The molecule has 3 aromatic rings. The summed E-state index contributed by atoms with van der Waals surface area (Å²) in [4.78, 5) is 54.9. The smallest absolute Gasteiger partial charge is 0.338 e. The first kappa shape index (κ1) is 33.6. The van der Waals surface area contributed by atoms with Crippen LogP contribution < -0.4 is 11.1 Å². The summed E-state index contributed by atoms with van der Waals surface area (Å²) in [6, 6.07) is 5.98. The van der Waals surface area contributed by atoms with Crippen LogP contribution in [0.4, 0.5) is 0 Å². The van der Waals surface area contributed by atoms with Gasteiger partial charge in [0.1, 0.15) is 0 Å². The van der Waals surface area contributed by atoms with Gasteiger partial charge < -0.3 is 31.2 Å². The molecule has 0 aromatic carbocycles. The molecule has 11 nitrogen and oxygen atoms in total. The molecule has 1 amide bonds. The fourth-order valence-corrected chi connectivity index (χ4v) is 7.06. The molecule has 0 spiro atoms. The molecule has 5 rings (SSSR count). The molecule has 47 heavy (non-hydrogen) atoms. The van der Waals surface area contributed by atoms with E-state index in [1.54, 1.807) is 6.92 Å². The molecular formula is C36H44N6O5. The van der Waals surface area contributed by atoms with Gasteiger partial charge in [-0.15, -0.1) is 0 Å². The van der Waals surface area contributed by atoms with Crippen molar-refractivity contribution in [3.05, 3.63) is 68.8 Å². The third kappa shape index (κ3) is 6.32. The van der Waals surface area contributed by atoms with Crippen molar-refractivity contribution in [1.82, 2.24) is 25.3 Å². The monoisotopic (exact) mass is 640 g/mol. The van der Waals surface area contributed by atoms with Crippen LogP contribution in [0.5, 0.6) is 0 Å². The van der Waals surface area contributed by atoms with Crippen molar-refractivity contribution in [3.63, 3.8) is 0 Å². The molecule has 11 heteroatoms. The number of nitrogens with zero attached hydrogens (tertiary/aromatic N) is 2. The summed E-state index contributed by atoms with van der Waals surface area (Å²) in [7, 11) is 0. The van der Waals surface area contributed by atoms with Crippen molar-refractivity contribution in [2.24, 2.45) is 5.73 Å². The number of allylic oxidation sites excluding steroid dienone is 1. The third-order valence-electron chi connectivity index (χ3n) is 9.66. The van der Waals surface area contributed by atoms with Gasteiger partial charge in [0.25, 0.3) is 0 Å². The van der Waals surface area contributed by atoms with E-state index in [1.807, 2.05) is 19.1 Å². The van der Waals surface area contributed by atoms with Gasteiger partial charge in [-0.05, 0) is 86.1 Å². The highest BCUT2D eigenvalue weighted by Crippen LogP contribution is 2.43. The number of aliphatic carboxylic acids is 2. The van der Waals surface area contributed by atoms with E-state index in [2.05, 4.69) is 49.0 Å². The van der Waals surface area contributed by atoms with Crippen LogP contribution in [0.15, 0.2) is 18.2 Å². The Morgan fingerprint density at radius 2 is 1.51 bits per heavy atom. The topological polar surface area (TPSA) is 187 Å². The summed E-state index contributed by atoms with van der Waals surface area (Å²) in [6.07, 6.45) is 1.64. The number of aromatic nitrogens is 4. The van der Waals surface area contributed by atoms with E-state index < -0.39 is 18.4 Å². The molecular weight excluding hydrogens is 596 g/mol. The highest BCUT2D eigenvalue weighted by atomic mass is 16.4. The van der Waals surface area contributed by atoms with Gasteiger partial charge in [-0.3, -0.25) is 14.6 Å². The molecule has 2 atom stereocenters. The van der Waals surface area contributed by atoms with Gasteiger partial charge in [0.2, 0.25) is 5.91 Å². The number of carboxylic acids is 2. The number of hydrogen-bond donors (Lipinski definition) is 6. The molecule has 248 valence electrons. The molecule has 8 bridgehead atoms. The Hall–Kier alpha value is -4.77. The molecule has 7 N–H and O–H groups in total. The molecule has 0 fully saturated rings. The first-order chi connectivity index (χ1) is 22.4. The summed E-state index contributed by atoms with van der Waals surface area (Å²) in [6.45, 7) is 12.7. The maximum Gasteiger partial charge on any atom is 0.338 e. The standard InChI is InChI=1S/C36H44N6O5/c1-7-21-17(3)25-14-27-19(5)23(9-10-31(43)38-12-11-37)34(41-27)24(13-32(44)45)35-33(36(46)47)20(6)28(42-35)16-30-22(8-2)18(4)26(40-30)15-29(21)39-25/h14-16,19,23,39-40H,7-13,37H2,1-6H3,(H,38,43)(H,44,45)(H,46,47). The summed E-state index contributed by atoms with van der Waals surface area (Å²) >= 11 is 0. The fraction of sp³-hybridized carbons (Fsp3) is 0.417. The van der Waals surface area contributed by atoms with Gasteiger partial charge in [0.05, 0.1) is 29.1 Å². The highest BCUT2D eigenvalue weighted by molar-refractivity contribution is 6.24. The average molecular weight is 641 g/mol. The van der Waals surface area contributed by atoms with E-state index in [9.17, 15) is 24.6 Å². The molecule has 0 saturated heterocycles.